The molecule has 4 heteroatoms. The quantitative estimate of drug-likeness (QED) is 0.887. The number of aryl methyl sites for hydroxylation is 1. The van der Waals surface area contributed by atoms with Gasteiger partial charge in [-0.2, -0.15) is 0 Å². The second kappa shape index (κ2) is 4.53. The van der Waals surface area contributed by atoms with Gasteiger partial charge in [-0.05, 0) is 50.4 Å². The Hall–Kier alpha value is -1.55. The molecule has 0 radical (unpaired) electrons. The summed E-state index contributed by atoms with van der Waals surface area (Å²) in [6.45, 7) is 6.63. The Labute approximate surface area is 113 Å². The number of ether oxygens (including phenoxy) is 1. The van der Waals surface area contributed by atoms with Crippen LogP contribution in [0.15, 0.2) is 24.3 Å². The van der Waals surface area contributed by atoms with E-state index in [4.69, 9.17) is 4.74 Å². The van der Waals surface area contributed by atoms with Gasteiger partial charge in [-0.3, -0.25) is 4.90 Å². The second-order valence-electron chi connectivity index (χ2n) is 5.78. The van der Waals surface area contributed by atoms with Crippen LogP contribution in [0, 0.1) is 12.8 Å². The molecule has 2 saturated heterocycles. The first-order valence-corrected chi connectivity index (χ1v) is 6.85. The Bertz CT molecular complexity index is 497. The highest BCUT2D eigenvalue weighted by molar-refractivity contribution is 5.91. The standard InChI is InChI=1S/C15H20N2O2/c1-11-4-3-5-13(8-11)17-14(18)19-10-15(17,2)12-6-7-16-9-12/h3-5,8,12,16H,6-7,9-10H2,1-2H3. The van der Waals surface area contributed by atoms with Crippen LogP contribution in [-0.4, -0.2) is 31.3 Å². The molecule has 2 heterocycles. The maximum atomic E-state index is 12.1. The van der Waals surface area contributed by atoms with Crippen LogP contribution in [0.4, 0.5) is 10.5 Å². The van der Waals surface area contributed by atoms with Gasteiger partial charge >= 0.3 is 6.09 Å². The minimum Gasteiger partial charge on any atom is -0.447 e. The third-order valence-corrected chi connectivity index (χ3v) is 4.38. The molecule has 1 aromatic carbocycles. The number of carbonyl (C=O) groups is 1. The highest BCUT2D eigenvalue weighted by atomic mass is 16.6. The van der Waals surface area contributed by atoms with Gasteiger partial charge in [0.15, 0.2) is 0 Å². The summed E-state index contributed by atoms with van der Waals surface area (Å²) in [4.78, 5) is 14.0. The van der Waals surface area contributed by atoms with Gasteiger partial charge in [-0.15, -0.1) is 0 Å². The normalized spacial score (nSPS) is 30.7. The van der Waals surface area contributed by atoms with Crippen molar-refractivity contribution in [1.29, 1.82) is 0 Å². The van der Waals surface area contributed by atoms with Gasteiger partial charge in [-0.1, -0.05) is 12.1 Å². The molecule has 1 aromatic rings. The summed E-state index contributed by atoms with van der Waals surface area (Å²) in [6, 6.07) is 8.07. The highest BCUT2D eigenvalue weighted by Crippen LogP contribution is 2.38. The lowest BCUT2D eigenvalue weighted by Gasteiger charge is -2.36. The van der Waals surface area contributed by atoms with Crippen LogP contribution in [0.1, 0.15) is 18.9 Å². The van der Waals surface area contributed by atoms with Crippen LogP contribution in [0.2, 0.25) is 0 Å². The largest absolute Gasteiger partial charge is 0.447 e. The summed E-state index contributed by atoms with van der Waals surface area (Å²) in [7, 11) is 0. The Balaban J connectivity index is 1.98. The van der Waals surface area contributed by atoms with Crippen LogP contribution in [0.3, 0.4) is 0 Å². The van der Waals surface area contributed by atoms with E-state index in [0.717, 1.165) is 30.8 Å². The zero-order chi connectivity index (χ0) is 13.5. The van der Waals surface area contributed by atoms with E-state index >= 15 is 0 Å². The lowest BCUT2D eigenvalue weighted by Crippen LogP contribution is -2.51. The van der Waals surface area contributed by atoms with Crippen LogP contribution < -0.4 is 10.2 Å². The van der Waals surface area contributed by atoms with Crippen molar-refractivity contribution in [2.45, 2.75) is 25.8 Å². The van der Waals surface area contributed by atoms with Crippen molar-refractivity contribution in [2.24, 2.45) is 5.92 Å². The minimum atomic E-state index is -0.242. The molecule has 2 aliphatic heterocycles. The zero-order valence-electron chi connectivity index (χ0n) is 11.5. The molecule has 0 bridgehead atoms. The Morgan fingerprint density at radius 3 is 3.00 bits per heavy atom. The number of cyclic esters (lactones) is 1. The molecular weight excluding hydrogens is 240 g/mol. The van der Waals surface area contributed by atoms with Crippen molar-refractivity contribution in [2.75, 3.05) is 24.6 Å². The third kappa shape index (κ3) is 2.00. The van der Waals surface area contributed by atoms with E-state index in [0.29, 0.717) is 12.5 Å². The lowest BCUT2D eigenvalue weighted by molar-refractivity contribution is 0.166. The Morgan fingerprint density at radius 2 is 2.32 bits per heavy atom. The average Bonchev–Trinajstić information content (AvgIpc) is 2.99. The highest BCUT2D eigenvalue weighted by Gasteiger charge is 2.50. The molecule has 3 rings (SSSR count). The van der Waals surface area contributed by atoms with Crippen molar-refractivity contribution in [3.8, 4) is 0 Å². The van der Waals surface area contributed by atoms with Gasteiger partial charge in [0.05, 0.1) is 5.54 Å². The molecule has 2 unspecified atom stereocenters. The predicted octanol–water partition coefficient (Wildman–Crippen LogP) is 2.32. The molecular formula is C15H20N2O2. The fourth-order valence-electron chi connectivity index (χ4n) is 3.20. The van der Waals surface area contributed by atoms with E-state index in [2.05, 4.69) is 12.2 Å². The monoisotopic (exact) mass is 260 g/mol. The molecule has 0 spiro atoms. The van der Waals surface area contributed by atoms with Crippen molar-refractivity contribution in [1.82, 2.24) is 5.32 Å². The first-order valence-electron chi connectivity index (χ1n) is 6.85. The van der Waals surface area contributed by atoms with Crippen molar-refractivity contribution in [3.63, 3.8) is 0 Å². The fourth-order valence-corrected chi connectivity index (χ4v) is 3.20. The number of nitrogens with zero attached hydrogens (tertiary/aromatic N) is 1. The van der Waals surface area contributed by atoms with Crippen LogP contribution >= 0.6 is 0 Å². The molecule has 19 heavy (non-hydrogen) atoms. The SMILES string of the molecule is Cc1cccc(N2C(=O)OCC2(C)C2CCNC2)c1. The summed E-state index contributed by atoms with van der Waals surface area (Å²) in [6.07, 6.45) is 0.870. The van der Waals surface area contributed by atoms with Gasteiger partial charge in [-0.25, -0.2) is 4.79 Å². The summed E-state index contributed by atoms with van der Waals surface area (Å²) in [5.41, 5.74) is 1.86. The molecule has 0 saturated carbocycles. The van der Waals surface area contributed by atoms with Crippen molar-refractivity contribution in [3.05, 3.63) is 29.8 Å². The summed E-state index contributed by atoms with van der Waals surface area (Å²) >= 11 is 0. The zero-order valence-corrected chi connectivity index (χ0v) is 11.5. The van der Waals surface area contributed by atoms with Crippen LogP contribution in [0.25, 0.3) is 0 Å². The van der Waals surface area contributed by atoms with Gasteiger partial charge in [0, 0.05) is 12.2 Å². The molecule has 0 aliphatic carbocycles. The van der Waals surface area contributed by atoms with E-state index in [9.17, 15) is 4.79 Å². The van der Waals surface area contributed by atoms with Crippen LogP contribution in [-0.2, 0) is 4.74 Å². The van der Waals surface area contributed by atoms with Crippen LogP contribution in [0.5, 0.6) is 0 Å². The molecule has 2 aliphatic rings. The number of hydrogen-bond acceptors (Lipinski definition) is 3. The minimum absolute atomic E-state index is 0.222. The fraction of sp³-hybridized carbons (Fsp3) is 0.533. The van der Waals surface area contributed by atoms with E-state index in [1.165, 1.54) is 0 Å². The topological polar surface area (TPSA) is 41.6 Å². The molecule has 1 amide bonds. The number of amides is 1. The Morgan fingerprint density at radius 1 is 1.47 bits per heavy atom. The predicted molar refractivity (Wildman–Crippen MR) is 74.4 cm³/mol. The molecule has 102 valence electrons. The number of nitrogens with one attached hydrogen (secondary N) is 1. The maximum absolute atomic E-state index is 12.1. The van der Waals surface area contributed by atoms with Crippen molar-refractivity contribution >= 4 is 11.8 Å². The van der Waals surface area contributed by atoms with Gasteiger partial charge in [0.1, 0.15) is 6.61 Å². The number of carbonyl (C=O) groups excluding carboxylic acids is 1. The summed E-state index contributed by atoms with van der Waals surface area (Å²) < 4.78 is 5.35. The lowest BCUT2D eigenvalue weighted by atomic mass is 9.84. The maximum Gasteiger partial charge on any atom is 0.415 e. The number of hydrogen-bond donors (Lipinski definition) is 1. The van der Waals surface area contributed by atoms with E-state index in [1.807, 2.05) is 36.1 Å². The average molecular weight is 260 g/mol. The van der Waals surface area contributed by atoms with Gasteiger partial charge in [0.2, 0.25) is 0 Å². The first-order chi connectivity index (χ1) is 9.11. The molecule has 2 fully saturated rings. The molecule has 0 aromatic heterocycles. The van der Waals surface area contributed by atoms with E-state index < -0.39 is 0 Å². The first kappa shape index (κ1) is 12.5. The second-order valence-corrected chi connectivity index (χ2v) is 5.78. The van der Waals surface area contributed by atoms with Crippen molar-refractivity contribution < 1.29 is 9.53 Å². The molecule has 2 atom stereocenters. The molecule has 4 nitrogen and oxygen atoms in total. The Kier molecular flexibility index (Phi) is 2.97. The molecule has 1 N–H and O–H groups in total. The van der Waals surface area contributed by atoms with Gasteiger partial charge in [0.25, 0.3) is 0 Å². The van der Waals surface area contributed by atoms with E-state index in [-0.39, 0.29) is 11.6 Å². The number of benzene rings is 1. The van der Waals surface area contributed by atoms with E-state index in [1.54, 1.807) is 0 Å². The van der Waals surface area contributed by atoms with Gasteiger partial charge < -0.3 is 10.1 Å². The summed E-state index contributed by atoms with van der Waals surface area (Å²) in [5, 5.41) is 3.38. The number of anilines is 1. The third-order valence-electron chi connectivity index (χ3n) is 4.38. The smallest absolute Gasteiger partial charge is 0.415 e. The summed E-state index contributed by atoms with van der Waals surface area (Å²) in [5.74, 6) is 0.444. The number of rotatable bonds is 2.